The van der Waals surface area contributed by atoms with Gasteiger partial charge in [0.25, 0.3) is 0 Å². The van der Waals surface area contributed by atoms with Gasteiger partial charge in [0.05, 0.1) is 31.0 Å². The molecule has 14 nitrogen and oxygen atoms in total. The largest absolute Gasteiger partial charge is 0.463 e. The van der Waals surface area contributed by atoms with E-state index in [0.29, 0.717) is 5.56 Å². The molecule has 1 aromatic carbocycles. The second kappa shape index (κ2) is 14.1. The lowest BCUT2D eigenvalue weighted by Gasteiger charge is -2.33. The first kappa shape index (κ1) is 35.7. The van der Waals surface area contributed by atoms with Crippen molar-refractivity contribution >= 4 is 57.8 Å². The van der Waals surface area contributed by atoms with Crippen LogP contribution in [0.1, 0.15) is 59.3 Å². The summed E-state index contributed by atoms with van der Waals surface area (Å²) in [7, 11) is 0. The standard InChI is InChI=1S/C34H39ClN6O8/c1-7-33(6)25(49-30(27(33)48-21(5)44)41-18-37-26-28(36)38-32(35)39-29(26)41)17-47-34(20(4)43,31(45)46-8-2)16-22-11-13-23(14-12-22)40-15-9-10-24(40)19(3)42/h1,11-14,18,24-25,27,30H,8-10,15-17H2,2-6H3,(H2,36,38,39)/t24-,25+,27-,30+,33-,34?/m0/s1. The molecule has 2 aromatic heterocycles. The molecular formula is C34H39ClN6O8. The van der Waals surface area contributed by atoms with Gasteiger partial charge in [-0.05, 0) is 69.8 Å². The van der Waals surface area contributed by atoms with E-state index in [2.05, 4.69) is 25.8 Å². The molecule has 0 aliphatic carbocycles. The van der Waals surface area contributed by atoms with Crippen molar-refractivity contribution in [3.63, 3.8) is 0 Å². The number of esters is 2. The predicted molar refractivity (Wildman–Crippen MR) is 178 cm³/mol. The number of anilines is 2. The Hall–Kier alpha value is -4.58. The van der Waals surface area contributed by atoms with Gasteiger partial charge in [-0.25, -0.2) is 9.78 Å². The highest BCUT2D eigenvalue weighted by atomic mass is 35.5. The maximum atomic E-state index is 13.6. The number of hydrogen-bond donors (Lipinski definition) is 1. The number of aromatic nitrogens is 4. The smallest absolute Gasteiger partial charge is 0.346 e. The van der Waals surface area contributed by atoms with Crippen LogP contribution in [-0.4, -0.2) is 86.6 Å². The maximum absolute atomic E-state index is 13.6. The summed E-state index contributed by atoms with van der Waals surface area (Å²) in [6.07, 6.45) is 5.79. The van der Waals surface area contributed by atoms with Crippen LogP contribution in [0.25, 0.3) is 11.2 Å². The Labute approximate surface area is 288 Å². The summed E-state index contributed by atoms with van der Waals surface area (Å²) in [5.41, 5.74) is 4.52. The second-order valence-corrected chi connectivity index (χ2v) is 12.7. The summed E-state index contributed by atoms with van der Waals surface area (Å²) < 4.78 is 25.3. The van der Waals surface area contributed by atoms with Crippen molar-refractivity contribution < 1.29 is 38.1 Å². The van der Waals surface area contributed by atoms with E-state index in [9.17, 15) is 19.2 Å². The third kappa shape index (κ3) is 6.70. The van der Waals surface area contributed by atoms with Crippen LogP contribution < -0.4 is 10.6 Å². The zero-order valence-electron chi connectivity index (χ0n) is 28.0. The van der Waals surface area contributed by atoms with E-state index in [1.165, 1.54) is 24.7 Å². The van der Waals surface area contributed by atoms with Crippen LogP contribution in [0, 0.1) is 17.8 Å². The fourth-order valence-electron chi connectivity index (χ4n) is 6.52. The molecule has 15 heteroatoms. The Bertz CT molecular complexity index is 1810. The third-order valence-electron chi connectivity index (χ3n) is 9.22. The summed E-state index contributed by atoms with van der Waals surface area (Å²) in [5.74, 6) is 0.722. The molecule has 2 aliphatic rings. The quantitative estimate of drug-likeness (QED) is 0.127. The summed E-state index contributed by atoms with van der Waals surface area (Å²) in [5, 5.41) is -0.138. The normalized spacial score (nSPS) is 24.7. The molecule has 6 atom stereocenters. The average Bonchev–Trinajstić information content (AvgIpc) is 3.77. The number of nitrogens with zero attached hydrogens (tertiary/aromatic N) is 5. The number of nitrogen functional groups attached to an aromatic ring is 1. The Balaban J connectivity index is 1.47. The molecule has 4 heterocycles. The topological polar surface area (TPSA) is 178 Å². The summed E-state index contributed by atoms with van der Waals surface area (Å²) in [6, 6.07) is 7.10. The molecule has 260 valence electrons. The van der Waals surface area contributed by atoms with E-state index in [1.54, 1.807) is 32.9 Å². The number of imidazole rings is 1. The molecule has 0 spiro atoms. The minimum atomic E-state index is -2.07. The molecular weight excluding hydrogens is 656 g/mol. The van der Waals surface area contributed by atoms with E-state index in [1.807, 2.05) is 12.1 Å². The van der Waals surface area contributed by atoms with Crippen LogP contribution >= 0.6 is 11.6 Å². The number of benzene rings is 1. The van der Waals surface area contributed by atoms with Gasteiger partial charge >= 0.3 is 11.9 Å². The van der Waals surface area contributed by atoms with Crippen LogP contribution in [0.5, 0.6) is 0 Å². The van der Waals surface area contributed by atoms with Gasteiger partial charge < -0.3 is 29.6 Å². The molecule has 2 aliphatic heterocycles. The number of terminal acetylenes is 1. The third-order valence-corrected chi connectivity index (χ3v) is 9.39. The summed E-state index contributed by atoms with van der Waals surface area (Å²) in [4.78, 5) is 66.0. The fourth-order valence-corrected chi connectivity index (χ4v) is 6.70. The van der Waals surface area contributed by atoms with Crippen molar-refractivity contribution in [3.05, 3.63) is 41.4 Å². The van der Waals surface area contributed by atoms with Crippen molar-refractivity contribution in [1.29, 1.82) is 0 Å². The average molecular weight is 695 g/mol. The van der Waals surface area contributed by atoms with Crippen molar-refractivity contribution in [1.82, 2.24) is 19.5 Å². The number of Topliss-reactive ketones (excluding diaryl/α,β-unsaturated/α-hetero) is 2. The van der Waals surface area contributed by atoms with E-state index < -0.39 is 47.2 Å². The van der Waals surface area contributed by atoms with Gasteiger partial charge in [0.2, 0.25) is 10.9 Å². The Kier molecular flexibility index (Phi) is 10.3. The molecule has 2 saturated heterocycles. The van der Waals surface area contributed by atoms with Gasteiger partial charge in [-0.15, -0.1) is 6.42 Å². The molecule has 0 bridgehead atoms. The SMILES string of the molecule is C#C[C@@]1(C)[C@@H](COC(Cc2ccc(N3CCC[C@H]3C(C)=O)cc2)(C(C)=O)C(=O)OCC)O[C@@H](n2cnc3c(N)nc(Cl)nc32)[C@@H]1OC(C)=O. The second-order valence-electron chi connectivity index (χ2n) is 12.4. The van der Waals surface area contributed by atoms with E-state index >= 15 is 0 Å². The minimum absolute atomic E-state index is 0.00257. The number of ketones is 2. The highest BCUT2D eigenvalue weighted by molar-refractivity contribution is 6.28. The number of nitrogens with two attached hydrogens (primary N) is 1. The van der Waals surface area contributed by atoms with Crippen LogP contribution in [0.15, 0.2) is 30.6 Å². The molecule has 0 saturated carbocycles. The number of ether oxygens (including phenoxy) is 4. The van der Waals surface area contributed by atoms with E-state index in [0.717, 1.165) is 25.1 Å². The molecule has 3 aromatic rings. The predicted octanol–water partition coefficient (Wildman–Crippen LogP) is 3.24. The molecule has 2 fully saturated rings. The van der Waals surface area contributed by atoms with Crippen LogP contribution in [0.3, 0.4) is 0 Å². The van der Waals surface area contributed by atoms with E-state index in [-0.39, 0.29) is 53.7 Å². The number of halogens is 1. The van der Waals surface area contributed by atoms with Crippen LogP contribution in [-0.2, 0) is 44.5 Å². The van der Waals surface area contributed by atoms with Gasteiger partial charge in [0.1, 0.15) is 11.6 Å². The summed E-state index contributed by atoms with van der Waals surface area (Å²) >= 11 is 6.09. The fraction of sp³-hybridized carbons (Fsp3) is 0.500. The lowest BCUT2D eigenvalue weighted by Crippen LogP contribution is -2.53. The maximum Gasteiger partial charge on any atom is 0.346 e. The Morgan fingerprint density at radius 1 is 1.18 bits per heavy atom. The number of hydrogen-bond acceptors (Lipinski definition) is 13. The number of carbonyl (C=O) groups is 4. The number of carbonyl (C=O) groups excluding carboxylic acids is 4. The molecule has 0 amide bonds. The first-order valence-electron chi connectivity index (χ1n) is 15.9. The summed E-state index contributed by atoms with van der Waals surface area (Å²) in [6.45, 7) is 7.72. The minimum Gasteiger partial charge on any atom is -0.463 e. The van der Waals surface area contributed by atoms with Crippen molar-refractivity contribution in [2.24, 2.45) is 5.41 Å². The highest BCUT2D eigenvalue weighted by Crippen LogP contribution is 2.46. The first-order valence-corrected chi connectivity index (χ1v) is 16.3. The van der Waals surface area contributed by atoms with E-state index in [4.69, 9.17) is 42.7 Å². The molecule has 2 N–H and O–H groups in total. The molecule has 5 rings (SSSR count). The zero-order chi connectivity index (χ0) is 35.7. The van der Waals surface area contributed by atoms with Crippen molar-refractivity contribution in [2.75, 3.05) is 30.4 Å². The highest BCUT2D eigenvalue weighted by Gasteiger charge is 2.58. The Morgan fingerprint density at radius 2 is 1.90 bits per heavy atom. The van der Waals surface area contributed by atoms with Gasteiger partial charge in [0, 0.05) is 25.6 Å². The van der Waals surface area contributed by atoms with Crippen LogP contribution in [0.4, 0.5) is 11.5 Å². The van der Waals surface area contributed by atoms with Gasteiger partial charge in [0.15, 0.2) is 35.4 Å². The lowest BCUT2D eigenvalue weighted by atomic mass is 9.81. The molecule has 1 unspecified atom stereocenters. The number of fused-ring (bicyclic) bond motifs is 1. The van der Waals surface area contributed by atoms with Crippen LogP contribution in [0.2, 0.25) is 5.28 Å². The van der Waals surface area contributed by atoms with Gasteiger partial charge in [-0.3, -0.25) is 19.0 Å². The molecule has 49 heavy (non-hydrogen) atoms. The Morgan fingerprint density at radius 3 is 2.51 bits per heavy atom. The van der Waals surface area contributed by atoms with Gasteiger partial charge in [-0.2, -0.15) is 9.97 Å². The number of rotatable bonds is 12. The van der Waals surface area contributed by atoms with Gasteiger partial charge in [-0.1, -0.05) is 18.1 Å². The zero-order valence-corrected chi connectivity index (χ0v) is 28.7. The van der Waals surface area contributed by atoms with Crippen molar-refractivity contribution in [2.45, 2.75) is 84.0 Å². The molecule has 0 radical (unpaired) electrons. The van der Waals surface area contributed by atoms with Crippen molar-refractivity contribution in [3.8, 4) is 12.3 Å². The first-order chi connectivity index (χ1) is 23.2. The lowest BCUT2D eigenvalue weighted by molar-refractivity contribution is -0.182. The monoisotopic (exact) mass is 694 g/mol.